The summed E-state index contributed by atoms with van der Waals surface area (Å²) in [5, 5.41) is 0. The summed E-state index contributed by atoms with van der Waals surface area (Å²) in [6.07, 6.45) is 6.86. The van der Waals surface area contributed by atoms with Crippen LogP contribution in [0.1, 0.15) is 13.8 Å². The third-order valence-electron chi connectivity index (χ3n) is 1.43. The molecule has 0 spiro atoms. The normalized spacial score (nSPS) is 16.2. The Balaban J connectivity index is 2.91. The first kappa shape index (κ1) is 7.00. The van der Waals surface area contributed by atoms with Crippen LogP contribution >= 0.6 is 0 Å². The van der Waals surface area contributed by atoms with Crippen LogP contribution in [0.3, 0.4) is 0 Å². The Morgan fingerprint density at radius 3 is 2.00 bits per heavy atom. The molecule has 1 aliphatic rings. The molecule has 0 bridgehead atoms. The first-order chi connectivity index (χ1) is 4.70. The van der Waals surface area contributed by atoms with Crippen molar-refractivity contribution in [3.8, 4) is 0 Å². The summed E-state index contributed by atoms with van der Waals surface area (Å²) < 4.78 is 0. The van der Waals surface area contributed by atoms with E-state index in [-0.39, 0.29) is 5.78 Å². The summed E-state index contributed by atoms with van der Waals surface area (Å²) in [4.78, 5) is 10.6. The van der Waals surface area contributed by atoms with Gasteiger partial charge >= 0.3 is 0 Å². The van der Waals surface area contributed by atoms with E-state index in [1.165, 1.54) is 5.57 Å². The van der Waals surface area contributed by atoms with Gasteiger partial charge in [0, 0.05) is 0 Å². The standard InChI is InChI=1S/C9H10O/c1-7(2)8-3-5-9(10)6-4-8/h3-6H,1-2H3. The first-order valence-electron chi connectivity index (χ1n) is 3.28. The third-order valence-corrected chi connectivity index (χ3v) is 1.43. The highest BCUT2D eigenvalue weighted by Crippen LogP contribution is 2.10. The smallest absolute Gasteiger partial charge is 0.178 e. The molecule has 0 radical (unpaired) electrons. The van der Waals surface area contributed by atoms with Gasteiger partial charge in [-0.25, -0.2) is 0 Å². The molecule has 0 aromatic heterocycles. The van der Waals surface area contributed by atoms with Crippen molar-refractivity contribution >= 4 is 5.78 Å². The molecule has 1 nitrogen and oxygen atoms in total. The van der Waals surface area contributed by atoms with Gasteiger partial charge in [-0.3, -0.25) is 4.79 Å². The van der Waals surface area contributed by atoms with E-state index in [1.54, 1.807) is 12.2 Å². The minimum atomic E-state index is 0.0741. The number of allylic oxidation sites excluding steroid dienone is 6. The molecule has 0 aromatic carbocycles. The van der Waals surface area contributed by atoms with Gasteiger partial charge in [-0.1, -0.05) is 17.7 Å². The summed E-state index contributed by atoms with van der Waals surface area (Å²) in [6.45, 7) is 4.06. The quantitative estimate of drug-likeness (QED) is 0.495. The maximum Gasteiger partial charge on any atom is 0.178 e. The monoisotopic (exact) mass is 134 g/mol. The van der Waals surface area contributed by atoms with Crippen molar-refractivity contribution in [2.24, 2.45) is 0 Å². The van der Waals surface area contributed by atoms with Crippen LogP contribution in [0.4, 0.5) is 0 Å². The molecule has 0 heterocycles. The van der Waals surface area contributed by atoms with Crippen LogP contribution in [0.2, 0.25) is 0 Å². The largest absolute Gasteiger partial charge is 0.290 e. The zero-order valence-electron chi connectivity index (χ0n) is 6.22. The Bertz CT molecular complexity index is 219. The maximum absolute atomic E-state index is 10.6. The second-order valence-corrected chi connectivity index (χ2v) is 2.52. The Hall–Kier alpha value is -1.11. The van der Waals surface area contributed by atoms with E-state index in [2.05, 4.69) is 0 Å². The molecule has 1 heteroatoms. The lowest BCUT2D eigenvalue weighted by atomic mass is 10.1. The second-order valence-electron chi connectivity index (χ2n) is 2.52. The van der Waals surface area contributed by atoms with Crippen molar-refractivity contribution in [3.05, 3.63) is 35.5 Å². The minimum absolute atomic E-state index is 0.0741. The van der Waals surface area contributed by atoms with Crippen molar-refractivity contribution in [1.29, 1.82) is 0 Å². The van der Waals surface area contributed by atoms with Crippen LogP contribution in [0.5, 0.6) is 0 Å². The van der Waals surface area contributed by atoms with Gasteiger partial charge in [-0.15, -0.1) is 0 Å². The molecule has 10 heavy (non-hydrogen) atoms. The summed E-state index contributed by atoms with van der Waals surface area (Å²) in [5.41, 5.74) is 2.37. The van der Waals surface area contributed by atoms with Crippen LogP contribution in [0.15, 0.2) is 35.5 Å². The zero-order valence-corrected chi connectivity index (χ0v) is 6.22. The summed E-state index contributed by atoms with van der Waals surface area (Å²) in [5.74, 6) is 0.0741. The summed E-state index contributed by atoms with van der Waals surface area (Å²) in [7, 11) is 0. The molecule has 1 rings (SSSR count). The first-order valence-corrected chi connectivity index (χ1v) is 3.28. The minimum Gasteiger partial charge on any atom is -0.290 e. The number of ketones is 1. The van der Waals surface area contributed by atoms with Crippen molar-refractivity contribution in [1.82, 2.24) is 0 Å². The fourth-order valence-corrected chi connectivity index (χ4v) is 0.788. The number of hydrogen-bond acceptors (Lipinski definition) is 1. The van der Waals surface area contributed by atoms with Crippen molar-refractivity contribution in [3.63, 3.8) is 0 Å². The molecule has 52 valence electrons. The van der Waals surface area contributed by atoms with Gasteiger partial charge in [-0.2, -0.15) is 0 Å². The van der Waals surface area contributed by atoms with Crippen LogP contribution in [-0.4, -0.2) is 5.78 Å². The van der Waals surface area contributed by atoms with E-state index in [0.717, 1.165) is 5.57 Å². The van der Waals surface area contributed by atoms with E-state index in [1.807, 2.05) is 26.0 Å². The van der Waals surface area contributed by atoms with E-state index < -0.39 is 0 Å². The molecule has 0 aliphatic heterocycles. The highest BCUT2D eigenvalue weighted by Gasteiger charge is 1.98. The predicted molar refractivity (Wildman–Crippen MR) is 41.7 cm³/mol. The molecule has 0 saturated carbocycles. The van der Waals surface area contributed by atoms with Gasteiger partial charge in [0.25, 0.3) is 0 Å². The van der Waals surface area contributed by atoms with Gasteiger partial charge in [0.15, 0.2) is 5.78 Å². The van der Waals surface area contributed by atoms with Crippen molar-refractivity contribution < 1.29 is 4.79 Å². The predicted octanol–water partition coefficient (Wildman–Crippen LogP) is 2.02. The molecular weight excluding hydrogens is 124 g/mol. The second kappa shape index (κ2) is 2.65. The highest BCUT2D eigenvalue weighted by atomic mass is 16.1. The maximum atomic E-state index is 10.6. The molecule has 0 saturated heterocycles. The Morgan fingerprint density at radius 2 is 1.60 bits per heavy atom. The van der Waals surface area contributed by atoms with Crippen LogP contribution < -0.4 is 0 Å². The van der Waals surface area contributed by atoms with Gasteiger partial charge in [0.1, 0.15) is 0 Å². The van der Waals surface area contributed by atoms with E-state index in [4.69, 9.17) is 0 Å². The Kier molecular flexibility index (Phi) is 1.86. The molecule has 0 atom stereocenters. The fraction of sp³-hybridized carbons (Fsp3) is 0.222. The van der Waals surface area contributed by atoms with Gasteiger partial charge < -0.3 is 0 Å². The Labute approximate surface area is 60.7 Å². The molecule has 0 amide bonds. The van der Waals surface area contributed by atoms with Crippen molar-refractivity contribution in [2.45, 2.75) is 13.8 Å². The topological polar surface area (TPSA) is 17.1 Å². The highest BCUT2D eigenvalue weighted by molar-refractivity contribution is 6.01. The number of carbonyl (C=O) groups is 1. The molecular formula is C9H10O. The summed E-state index contributed by atoms with van der Waals surface area (Å²) in [6, 6.07) is 0. The van der Waals surface area contributed by atoms with E-state index in [9.17, 15) is 4.79 Å². The lowest BCUT2D eigenvalue weighted by Crippen LogP contribution is -1.92. The molecule has 0 N–H and O–H groups in total. The van der Waals surface area contributed by atoms with Crippen LogP contribution in [-0.2, 0) is 4.79 Å². The van der Waals surface area contributed by atoms with Crippen LogP contribution in [0, 0.1) is 0 Å². The average Bonchev–Trinajstić information content (AvgIpc) is 1.88. The van der Waals surface area contributed by atoms with Crippen LogP contribution in [0.25, 0.3) is 0 Å². The fourth-order valence-electron chi connectivity index (χ4n) is 0.788. The zero-order chi connectivity index (χ0) is 7.56. The SMILES string of the molecule is CC(C)=C1C=CC(=O)C=C1. The van der Waals surface area contributed by atoms with E-state index in [0.29, 0.717) is 0 Å². The third kappa shape index (κ3) is 1.44. The van der Waals surface area contributed by atoms with E-state index >= 15 is 0 Å². The van der Waals surface area contributed by atoms with Crippen molar-refractivity contribution in [2.75, 3.05) is 0 Å². The number of rotatable bonds is 0. The molecule has 0 unspecified atom stereocenters. The molecule has 0 aromatic rings. The summed E-state index contributed by atoms with van der Waals surface area (Å²) >= 11 is 0. The average molecular weight is 134 g/mol. The van der Waals surface area contributed by atoms with Gasteiger partial charge in [0.2, 0.25) is 0 Å². The van der Waals surface area contributed by atoms with Gasteiger partial charge in [-0.05, 0) is 31.6 Å². The molecule has 0 fully saturated rings. The Morgan fingerprint density at radius 1 is 1.10 bits per heavy atom. The van der Waals surface area contributed by atoms with Gasteiger partial charge in [0.05, 0.1) is 0 Å². The number of hydrogen-bond donors (Lipinski definition) is 0. The lowest BCUT2D eigenvalue weighted by Gasteiger charge is -2.00. The number of carbonyl (C=O) groups excluding carboxylic acids is 1. The lowest BCUT2D eigenvalue weighted by molar-refractivity contribution is -0.110. The molecule has 1 aliphatic carbocycles.